The van der Waals surface area contributed by atoms with E-state index in [1.807, 2.05) is 24.4 Å². The second kappa shape index (κ2) is 7.63. The molecule has 4 rings (SSSR count). The van der Waals surface area contributed by atoms with Crippen molar-refractivity contribution in [2.45, 2.75) is 38.1 Å². The summed E-state index contributed by atoms with van der Waals surface area (Å²) in [6.45, 7) is 4.48. The highest BCUT2D eigenvalue weighted by molar-refractivity contribution is 5.87. The van der Waals surface area contributed by atoms with Crippen LogP contribution in [-0.4, -0.2) is 30.4 Å². The summed E-state index contributed by atoms with van der Waals surface area (Å²) in [5.74, 6) is -0.910. The molecule has 2 aliphatic rings. The second-order valence-corrected chi connectivity index (χ2v) is 7.57. The first-order valence-electron chi connectivity index (χ1n) is 10.1. The van der Waals surface area contributed by atoms with Crippen molar-refractivity contribution < 1.29 is 9.90 Å². The fourth-order valence-corrected chi connectivity index (χ4v) is 4.25. The third-order valence-electron chi connectivity index (χ3n) is 5.79. The largest absolute Gasteiger partial charge is 0.478 e. The Morgan fingerprint density at radius 2 is 1.96 bits per heavy atom. The van der Waals surface area contributed by atoms with E-state index in [-0.39, 0.29) is 0 Å². The van der Waals surface area contributed by atoms with E-state index in [0.29, 0.717) is 5.56 Å². The standard InChI is InChI=1S/C24H26N2O2/c1-2-3-15-26-16-4-6-19-17-21(11-12-22(19)26)24(13-5-14-25-24)20-9-7-18(8-10-20)23(27)28/h5,7-14,17H,2-4,6,15-16H2,1H3,(H,27,28). The summed E-state index contributed by atoms with van der Waals surface area (Å²) in [5, 5.41) is 9.19. The SMILES string of the molecule is CCCCN1CCCc2cc(C3(c4ccc(C(=O)O)cc4)C=CC=N3)ccc21. The Hall–Kier alpha value is -2.88. The average molecular weight is 374 g/mol. The van der Waals surface area contributed by atoms with E-state index < -0.39 is 11.5 Å². The number of rotatable bonds is 6. The van der Waals surface area contributed by atoms with E-state index in [4.69, 9.17) is 4.99 Å². The molecule has 2 heterocycles. The second-order valence-electron chi connectivity index (χ2n) is 7.57. The fourth-order valence-electron chi connectivity index (χ4n) is 4.25. The zero-order chi connectivity index (χ0) is 19.6. The van der Waals surface area contributed by atoms with Crippen LogP contribution >= 0.6 is 0 Å². The smallest absolute Gasteiger partial charge is 0.335 e. The molecule has 2 aromatic carbocycles. The van der Waals surface area contributed by atoms with Gasteiger partial charge in [-0.3, -0.25) is 4.99 Å². The van der Waals surface area contributed by atoms with Crippen LogP contribution in [0.4, 0.5) is 5.69 Å². The third kappa shape index (κ3) is 3.24. The van der Waals surface area contributed by atoms with Crippen molar-refractivity contribution in [1.29, 1.82) is 0 Å². The van der Waals surface area contributed by atoms with Crippen molar-refractivity contribution in [1.82, 2.24) is 0 Å². The lowest BCUT2D eigenvalue weighted by atomic mass is 9.82. The summed E-state index contributed by atoms with van der Waals surface area (Å²) in [6, 6.07) is 13.8. The summed E-state index contributed by atoms with van der Waals surface area (Å²) in [7, 11) is 0. The molecule has 1 atom stereocenters. The molecule has 2 aromatic rings. The van der Waals surface area contributed by atoms with Gasteiger partial charge in [-0.1, -0.05) is 37.6 Å². The van der Waals surface area contributed by atoms with Gasteiger partial charge in [0, 0.05) is 25.0 Å². The average Bonchev–Trinajstić information content (AvgIpc) is 3.23. The van der Waals surface area contributed by atoms with Crippen molar-refractivity contribution in [3.63, 3.8) is 0 Å². The Morgan fingerprint density at radius 1 is 1.18 bits per heavy atom. The molecule has 144 valence electrons. The van der Waals surface area contributed by atoms with Gasteiger partial charge in [-0.2, -0.15) is 0 Å². The minimum atomic E-state index is -0.910. The van der Waals surface area contributed by atoms with Gasteiger partial charge in [0.05, 0.1) is 5.56 Å². The van der Waals surface area contributed by atoms with Gasteiger partial charge in [-0.25, -0.2) is 4.79 Å². The lowest BCUT2D eigenvalue weighted by Crippen LogP contribution is -2.31. The number of aromatic carboxylic acids is 1. The number of hydrogen-bond acceptors (Lipinski definition) is 3. The molecule has 0 radical (unpaired) electrons. The van der Waals surface area contributed by atoms with Gasteiger partial charge in [0.2, 0.25) is 0 Å². The summed E-state index contributed by atoms with van der Waals surface area (Å²) in [4.78, 5) is 18.5. The van der Waals surface area contributed by atoms with E-state index in [0.717, 1.165) is 30.6 Å². The molecular formula is C24H26N2O2. The molecule has 1 N–H and O–H groups in total. The number of benzene rings is 2. The number of hydrogen-bond donors (Lipinski definition) is 1. The Kier molecular flexibility index (Phi) is 5.03. The number of carboxylic acid groups (broad SMARTS) is 1. The molecule has 1 unspecified atom stereocenters. The summed E-state index contributed by atoms with van der Waals surface area (Å²) in [5.41, 5.74) is 4.58. The van der Waals surface area contributed by atoms with Crippen LogP contribution in [0.3, 0.4) is 0 Å². The van der Waals surface area contributed by atoms with Crippen molar-refractivity contribution in [3.05, 3.63) is 76.9 Å². The molecule has 0 saturated heterocycles. The first-order chi connectivity index (χ1) is 13.6. The molecule has 0 amide bonds. The molecule has 28 heavy (non-hydrogen) atoms. The highest BCUT2D eigenvalue weighted by Crippen LogP contribution is 2.40. The molecular weight excluding hydrogens is 348 g/mol. The molecule has 2 aliphatic heterocycles. The number of aliphatic imine (C=N–C) groups is 1. The Balaban J connectivity index is 1.72. The van der Waals surface area contributed by atoms with E-state index in [1.54, 1.807) is 12.1 Å². The third-order valence-corrected chi connectivity index (χ3v) is 5.79. The number of unbranched alkanes of at least 4 members (excludes halogenated alkanes) is 1. The summed E-state index contributed by atoms with van der Waals surface area (Å²) < 4.78 is 0. The van der Waals surface area contributed by atoms with Crippen molar-refractivity contribution in [2.24, 2.45) is 4.99 Å². The number of aryl methyl sites for hydroxylation is 1. The number of allylic oxidation sites excluding steroid dienone is 1. The number of anilines is 1. The van der Waals surface area contributed by atoms with Gasteiger partial charge >= 0.3 is 5.97 Å². The van der Waals surface area contributed by atoms with Gasteiger partial charge in [-0.05, 0) is 66.3 Å². The molecule has 4 heteroatoms. The van der Waals surface area contributed by atoms with E-state index in [2.05, 4.69) is 36.1 Å². The maximum Gasteiger partial charge on any atom is 0.335 e. The Labute approximate surface area is 166 Å². The van der Waals surface area contributed by atoms with Crippen LogP contribution in [0, 0.1) is 0 Å². The normalized spacial score (nSPS) is 20.4. The quantitative estimate of drug-likeness (QED) is 0.788. The van der Waals surface area contributed by atoms with Crippen LogP contribution in [0.5, 0.6) is 0 Å². The van der Waals surface area contributed by atoms with Gasteiger partial charge in [0.25, 0.3) is 0 Å². The first-order valence-corrected chi connectivity index (χ1v) is 10.1. The molecule has 4 nitrogen and oxygen atoms in total. The number of nitrogens with zero attached hydrogens (tertiary/aromatic N) is 2. The highest BCUT2D eigenvalue weighted by Gasteiger charge is 2.33. The molecule has 0 aromatic heterocycles. The topological polar surface area (TPSA) is 52.9 Å². The van der Waals surface area contributed by atoms with Gasteiger partial charge < -0.3 is 10.0 Å². The molecule has 0 fully saturated rings. The van der Waals surface area contributed by atoms with Crippen LogP contribution in [0.25, 0.3) is 0 Å². The molecule has 0 spiro atoms. The summed E-state index contributed by atoms with van der Waals surface area (Å²) >= 11 is 0. The summed E-state index contributed by atoms with van der Waals surface area (Å²) in [6.07, 6.45) is 10.6. The van der Waals surface area contributed by atoms with Gasteiger partial charge in [0.15, 0.2) is 0 Å². The number of carbonyl (C=O) groups is 1. The van der Waals surface area contributed by atoms with Gasteiger partial charge in [0.1, 0.15) is 5.54 Å². The lowest BCUT2D eigenvalue weighted by molar-refractivity contribution is 0.0697. The first kappa shape index (κ1) is 18.5. The number of fused-ring (bicyclic) bond motifs is 1. The van der Waals surface area contributed by atoms with Crippen molar-refractivity contribution in [3.8, 4) is 0 Å². The Morgan fingerprint density at radius 3 is 2.64 bits per heavy atom. The highest BCUT2D eigenvalue weighted by atomic mass is 16.4. The number of carboxylic acids is 1. The molecule has 0 bridgehead atoms. The predicted octanol–water partition coefficient (Wildman–Crippen LogP) is 4.82. The lowest BCUT2D eigenvalue weighted by Gasteiger charge is -2.33. The van der Waals surface area contributed by atoms with Crippen LogP contribution < -0.4 is 4.90 Å². The van der Waals surface area contributed by atoms with Crippen LogP contribution in [-0.2, 0) is 12.0 Å². The zero-order valence-corrected chi connectivity index (χ0v) is 16.3. The van der Waals surface area contributed by atoms with Gasteiger partial charge in [-0.15, -0.1) is 0 Å². The van der Waals surface area contributed by atoms with Crippen LogP contribution in [0.2, 0.25) is 0 Å². The Bertz CT molecular complexity index is 916. The fraction of sp³-hybridized carbons (Fsp3) is 0.333. The molecule has 0 aliphatic carbocycles. The molecule has 0 saturated carbocycles. The van der Waals surface area contributed by atoms with Crippen molar-refractivity contribution >= 4 is 17.9 Å². The van der Waals surface area contributed by atoms with Crippen LogP contribution in [0.1, 0.15) is 53.2 Å². The predicted molar refractivity (Wildman–Crippen MR) is 114 cm³/mol. The maximum atomic E-state index is 11.2. The minimum absolute atomic E-state index is 0.293. The maximum absolute atomic E-state index is 11.2. The minimum Gasteiger partial charge on any atom is -0.478 e. The van der Waals surface area contributed by atoms with E-state index in [1.165, 1.54) is 30.5 Å². The van der Waals surface area contributed by atoms with E-state index >= 15 is 0 Å². The van der Waals surface area contributed by atoms with Crippen molar-refractivity contribution in [2.75, 3.05) is 18.0 Å². The zero-order valence-electron chi connectivity index (χ0n) is 16.3. The van der Waals surface area contributed by atoms with E-state index in [9.17, 15) is 9.90 Å². The van der Waals surface area contributed by atoms with Crippen LogP contribution in [0.15, 0.2) is 59.6 Å². The monoisotopic (exact) mass is 374 g/mol.